The molecule has 2 N–H and O–H groups in total. The van der Waals surface area contributed by atoms with E-state index in [-0.39, 0.29) is 29.1 Å². The lowest BCUT2D eigenvalue weighted by molar-refractivity contribution is -0.385. The Morgan fingerprint density at radius 1 is 1.39 bits per heavy atom. The maximum Gasteiger partial charge on any atom is 0.272 e. The molecule has 0 aromatic heterocycles. The Labute approximate surface area is 114 Å². The van der Waals surface area contributed by atoms with Crippen LogP contribution in [-0.4, -0.2) is 4.92 Å². The fourth-order valence-corrected chi connectivity index (χ4v) is 1.83. The van der Waals surface area contributed by atoms with Gasteiger partial charge < -0.3 is 5.73 Å². The summed E-state index contributed by atoms with van der Waals surface area (Å²) in [6, 6.07) is 5.17. The maximum atomic E-state index is 10.8. The number of nitrogens with zero attached hydrogens (tertiary/aromatic N) is 1. The van der Waals surface area contributed by atoms with E-state index in [9.17, 15) is 10.1 Å². The summed E-state index contributed by atoms with van der Waals surface area (Å²) in [6.07, 6.45) is 4.26. The van der Waals surface area contributed by atoms with E-state index in [2.05, 4.69) is 6.92 Å². The highest BCUT2D eigenvalue weighted by atomic mass is 35.5. The van der Waals surface area contributed by atoms with Gasteiger partial charge in [-0.25, -0.2) is 0 Å². The first kappa shape index (κ1) is 16.9. The van der Waals surface area contributed by atoms with Crippen LogP contribution in [0.2, 0.25) is 0 Å². The van der Waals surface area contributed by atoms with Gasteiger partial charge in [0, 0.05) is 17.7 Å². The number of unbranched alkanes of at least 4 members (excludes halogenated alkanes) is 2. The van der Waals surface area contributed by atoms with E-state index in [4.69, 9.17) is 5.73 Å². The molecule has 0 bridgehead atoms. The smallest absolute Gasteiger partial charge is 0.272 e. The molecule has 18 heavy (non-hydrogen) atoms. The van der Waals surface area contributed by atoms with Crippen molar-refractivity contribution in [2.45, 2.75) is 45.6 Å². The quantitative estimate of drug-likeness (QED) is 0.485. The highest BCUT2D eigenvalue weighted by Gasteiger charge is 2.14. The van der Waals surface area contributed by atoms with E-state index < -0.39 is 0 Å². The van der Waals surface area contributed by atoms with E-state index >= 15 is 0 Å². The molecule has 0 saturated carbocycles. The second-order valence-corrected chi connectivity index (χ2v) is 4.41. The summed E-state index contributed by atoms with van der Waals surface area (Å²) < 4.78 is 0. The summed E-state index contributed by atoms with van der Waals surface area (Å²) in [4.78, 5) is 10.5. The molecule has 1 rings (SSSR count). The number of nitro benzene ring substituents is 1. The van der Waals surface area contributed by atoms with Gasteiger partial charge in [0.2, 0.25) is 0 Å². The topological polar surface area (TPSA) is 69.2 Å². The minimum atomic E-state index is -0.350. The molecule has 1 aromatic carbocycles. The van der Waals surface area contributed by atoms with Crippen LogP contribution in [0.1, 0.15) is 49.8 Å². The summed E-state index contributed by atoms with van der Waals surface area (Å²) >= 11 is 0. The standard InChI is InChI=1S/C13H20N2O2.ClH/c1-3-4-5-6-12(14)11-8-7-10(2)13(9-11)15(16)17;/h7-9,12H,3-6,14H2,1-2H3;1H/t12-;/m1./s1. The van der Waals surface area contributed by atoms with Crippen LogP contribution in [0, 0.1) is 17.0 Å². The molecule has 1 atom stereocenters. The largest absolute Gasteiger partial charge is 0.324 e. The number of nitro groups is 1. The molecule has 0 fully saturated rings. The van der Waals surface area contributed by atoms with Crippen LogP contribution in [0.15, 0.2) is 18.2 Å². The van der Waals surface area contributed by atoms with Gasteiger partial charge in [-0.3, -0.25) is 10.1 Å². The van der Waals surface area contributed by atoms with Crippen molar-refractivity contribution in [3.63, 3.8) is 0 Å². The van der Waals surface area contributed by atoms with Crippen molar-refractivity contribution in [1.82, 2.24) is 0 Å². The third-order valence-electron chi connectivity index (χ3n) is 2.98. The predicted octanol–water partition coefficient (Wildman–Crippen LogP) is 3.91. The van der Waals surface area contributed by atoms with E-state index in [1.54, 1.807) is 19.1 Å². The average molecular weight is 273 g/mol. The van der Waals surface area contributed by atoms with Crippen LogP contribution in [0.4, 0.5) is 5.69 Å². The summed E-state index contributed by atoms with van der Waals surface area (Å²) in [7, 11) is 0. The van der Waals surface area contributed by atoms with Gasteiger partial charge in [-0.2, -0.15) is 0 Å². The maximum absolute atomic E-state index is 10.8. The first-order valence-corrected chi connectivity index (χ1v) is 6.06. The number of aryl methyl sites for hydroxylation is 1. The van der Waals surface area contributed by atoms with Crippen LogP contribution in [-0.2, 0) is 0 Å². The number of rotatable bonds is 6. The van der Waals surface area contributed by atoms with Crippen LogP contribution >= 0.6 is 12.4 Å². The minimum Gasteiger partial charge on any atom is -0.324 e. The minimum absolute atomic E-state index is 0. The van der Waals surface area contributed by atoms with Crippen molar-refractivity contribution in [3.05, 3.63) is 39.4 Å². The molecular weight excluding hydrogens is 252 g/mol. The molecular formula is C13H21ClN2O2. The van der Waals surface area contributed by atoms with Gasteiger partial charge in [0.1, 0.15) is 0 Å². The Balaban J connectivity index is 0.00000289. The van der Waals surface area contributed by atoms with Gasteiger partial charge in [0.15, 0.2) is 0 Å². The summed E-state index contributed by atoms with van der Waals surface area (Å²) in [5.41, 5.74) is 7.73. The highest BCUT2D eigenvalue weighted by molar-refractivity contribution is 5.85. The van der Waals surface area contributed by atoms with Gasteiger partial charge >= 0.3 is 0 Å². The third kappa shape index (κ3) is 4.63. The highest BCUT2D eigenvalue weighted by Crippen LogP contribution is 2.24. The molecule has 5 heteroatoms. The van der Waals surface area contributed by atoms with Crippen molar-refractivity contribution < 1.29 is 4.92 Å². The molecule has 0 amide bonds. The molecule has 0 aliphatic heterocycles. The molecule has 0 saturated heterocycles. The van der Waals surface area contributed by atoms with Crippen LogP contribution in [0.5, 0.6) is 0 Å². The second kappa shape index (κ2) is 8.06. The van der Waals surface area contributed by atoms with Gasteiger partial charge in [-0.1, -0.05) is 38.3 Å². The molecule has 0 unspecified atom stereocenters. The zero-order valence-electron chi connectivity index (χ0n) is 10.9. The molecule has 1 aromatic rings. The Kier molecular flexibility index (Phi) is 7.55. The Hall–Kier alpha value is -1.13. The van der Waals surface area contributed by atoms with Crippen LogP contribution in [0.25, 0.3) is 0 Å². The summed E-state index contributed by atoms with van der Waals surface area (Å²) in [5, 5.41) is 10.8. The van der Waals surface area contributed by atoms with Crippen molar-refractivity contribution in [3.8, 4) is 0 Å². The van der Waals surface area contributed by atoms with E-state index in [1.165, 1.54) is 0 Å². The van der Waals surface area contributed by atoms with Crippen molar-refractivity contribution in [1.29, 1.82) is 0 Å². The predicted molar refractivity (Wildman–Crippen MR) is 76.2 cm³/mol. The molecule has 4 nitrogen and oxygen atoms in total. The van der Waals surface area contributed by atoms with Gasteiger partial charge in [0.05, 0.1) is 4.92 Å². The second-order valence-electron chi connectivity index (χ2n) is 4.41. The lowest BCUT2D eigenvalue weighted by Crippen LogP contribution is -2.10. The Bertz CT molecular complexity index is 397. The fraction of sp³-hybridized carbons (Fsp3) is 0.538. The summed E-state index contributed by atoms with van der Waals surface area (Å²) in [5.74, 6) is 0. The number of hydrogen-bond acceptors (Lipinski definition) is 3. The first-order chi connectivity index (χ1) is 8.06. The monoisotopic (exact) mass is 272 g/mol. The Morgan fingerprint density at radius 2 is 2.06 bits per heavy atom. The number of hydrogen-bond donors (Lipinski definition) is 1. The van der Waals surface area contributed by atoms with Gasteiger partial charge in [-0.05, 0) is 18.9 Å². The number of nitrogens with two attached hydrogens (primary N) is 1. The van der Waals surface area contributed by atoms with E-state index in [0.717, 1.165) is 31.2 Å². The molecule has 0 aliphatic carbocycles. The zero-order valence-corrected chi connectivity index (χ0v) is 11.7. The zero-order chi connectivity index (χ0) is 12.8. The van der Waals surface area contributed by atoms with Crippen LogP contribution < -0.4 is 5.73 Å². The SMILES string of the molecule is CCCCC[C@@H](N)c1ccc(C)c([N+](=O)[O-])c1.Cl. The lowest BCUT2D eigenvalue weighted by atomic mass is 9.99. The third-order valence-corrected chi connectivity index (χ3v) is 2.98. The van der Waals surface area contributed by atoms with Crippen molar-refractivity contribution in [2.75, 3.05) is 0 Å². The van der Waals surface area contributed by atoms with Crippen LogP contribution in [0.3, 0.4) is 0 Å². The van der Waals surface area contributed by atoms with E-state index in [0.29, 0.717) is 5.56 Å². The number of benzene rings is 1. The molecule has 102 valence electrons. The molecule has 0 heterocycles. The molecule has 0 radical (unpaired) electrons. The molecule has 0 spiro atoms. The lowest BCUT2D eigenvalue weighted by Gasteiger charge is -2.12. The number of halogens is 1. The first-order valence-electron chi connectivity index (χ1n) is 6.06. The average Bonchev–Trinajstić information content (AvgIpc) is 2.29. The Morgan fingerprint density at radius 3 is 2.61 bits per heavy atom. The van der Waals surface area contributed by atoms with Crippen molar-refractivity contribution in [2.24, 2.45) is 5.73 Å². The summed E-state index contributed by atoms with van der Waals surface area (Å²) in [6.45, 7) is 3.88. The van der Waals surface area contributed by atoms with Gasteiger partial charge in [-0.15, -0.1) is 12.4 Å². The fourth-order valence-electron chi connectivity index (χ4n) is 1.83. The van der Waals surface area contributed by atoms with E-state index in [1.807, 2.05) is 6.07 Å². The normalized spacial score (nSPS) is 11.7. The van der Waals surface area contributed by atoms with Gasteiger partial charge in [0.25, 0.3) is 5.69 Å². The van der Waals surface area contributed by atoms with Crippen molar-refractivity contribution >= 4 is 18.1 Å². The molecule has 0 aliphatic rings.